The molecule has 1 heterocycles. The topological polar surface area (TPSA) is 45.9 Å². The maximum atomic E-state index is 12.5. The van der Waals surface area contributed by atoms with Crippen molar-refractivity contribution in [1.29, 1.82) is 5.26 Å². The minimum absolute atomic E-state index is 0.0909. The lowest BCUT2D eigenvalue weighted by molar-refractivity contribution is 0.146. The van der Waals surface area contributed by atoms with Gasteiger partial charge in [0.2, 0.25) is 5.88 Å². The molecule has 0 radical (unpaired) electrons. The molecule has 0 aromatic carbocycles. The summed E-state index contributed by atoms with van der Waals surface area (Å²) in [5.41, 5.74) is 0.215. The minimum Gasteiger partial charge on any atom is -0.481 e. The Hall–Kier alpha value is -1.22. The van der Waals surface area contributed by atoms with E-state index < -0.39 is 6.43 Å². The van der Waals surface area contributed by atoms with Crippen LogP contribution in [0, 0.1) is 11.3 Å². The second-order valence-corrected chi connectivity index (χ2v) is 3.20. The molecule has 3 nitrogen and oxygen atoms in total. The van der Waals surface area contributed by atoms with E-state index in [0.717, 1.165) is 0 Å². The molecule has 0 saturated heterocycles. The first kappa shape index (κ1) is 11.9. The van der Waals surface area contributed by atoms with Gasteiger partial charge in [-0.15, -0.1) is 0 Å². The van der Waals surface area contributed by atoms with E-state index in [-0.39, 0.29) is 17.1 Å². The first-order chi connectivity index (χ1) is 7.13. The van der Waals surface area contributed by atoms with E-state index in [0.29, 0.717) is 10.9 Å². The molecule has 0 saturated carbocycles. The third kappa shape index (κ3) is 2.42. The summed E-state index contributed by atoms with van der Waals surface area (Å²) in [6.07, 6.45) is -2.67. The van der Waals surface area contributed by atoms with Crippen LogP contribution >= 0.6 is 15.9 Å². The Morgan fingerprint density at radius 2 is 2.33 bits per heavy atom. The summed E-state index contributed by atoms with van der Waals surface area (Å²) < 4.78 is 29.8. The van der Waals surface area contributed by atoms with Crippen molar-refractivity contribution in [2.45, 2.75) is 11.8 Å². The molecule has 15 heavy (non-hydrogen) atoms. The fourth-order valence-electron chi connectivity index (χ4n) is 1.07. The van der Waals surface area contributed by atoms with Gasteiger partial charge in [-0.25, -0.2) is 13.8 Å². The van der Waals surface area contributed by atoms with Crippen LogP contribution in [-0.2, 0) is 5.33 Å². The maximum Gasteiger partial charge on any atom is 0.269 e. The minimum atomic E-state index is -2.67. The molecule has 1 aromatic heterocycles. The number of hydrogen-bond acceptors (Lipinski definition) is 3. The molecular formula is C9H7BrF2N2O. The van der Waals surface area contributed by atoms with E-state index in [2.05, 4.69) is 20.9 Å². The van der Waals surface area contributed by atoms with Crippen LogP contribution < -0.4 is 4.74 Å². The van der Waals surface area contributed by atoms with Crippen molar-refractivity contribution in [1.82, 2.24) is 4.98 Å². The second kappa shape index (κ2) is 5.03. The number of nitriles is 1. The Morgan fingerprint density at radius 3 is 2.73 bits per heavy atom. The molecule has 0 aliphatic carbocycles. The largest absolute Gasteiger partial charge is 0.481 e. The van der Waals surface area contributed by atoms with Crippen molar-refractivity contribution in [3.8, 4) is 11.9 Å². The predicted octanol–water partition coefficient (Wildman–Crippen LogP) is 2.79. The quantitative estimate of drug-likeness (QED) is 0.798. The highest BCUT2D eigenvalue weighted by Gasteiger charge is 2.18. The molecule has 80 valence electrons. The molecule has 0 spiro atoms. The highest BCUT2D eigenvalue weighted by atomic mass is 79.9. The first-order valence-electron chi connectivity index (χ1n) is 3.96. The number of pyridine rings is 1. The number of halogens is 3. The summed E-state index contributed by atoms with van der Waals surface area (Å²) >= 11 is 3.10. The Bertz CT molecular complexity index is 404. The van der Waals surface area contributed by atoms with Crippen LogP contribution in [-0.4, -0.2) is 12.1 Å². The van der Waals surface area contributed by atoms with Gasteiger partial charge in [-0.2, -0.15) is 5.26 Å². The zero-order chi connectivity index (χ0) is 11.4. The van der Waals surface area contributed by atoms with Crippen LogP contribution in [0.15, 0.2) is 6.07 Å². The van der Waals surface area contributed by atoms with Crippen LogP contribution in [0.4, 0.5) is 8.78 Å². The summed E-state index contributed by atoms with van der Waals surface area (Å²) in [5.74, 6) is -0.203. The summed E-state index contributed by atoms with van der Waals surface area (Å²) in [6, 6.07) is 3.05. The standard InChI is InChI=1S/C9H7BrF2N2O/c1-15-9-6(8(11)12)2-5(3-10)7(4-13)14-9/h2,8H,3H2,1H3. The summed E-state index contributed by atoms with van der Waals surface area (Å²) in [6.45, 7) is 0. The number of methoxy groups -OCH3 is 1. The number of hydrogen-bond donors (Lipinski definition) is 0. The molecule has 0 unspecified atom stereocenters. The van der Waals surface area contributed by atoms with Crippen molar-refractivity contribution in [2.24, 2.45) is 0 Å². The fraction of sp³-hybridized carbons (Fsp3) is 0.333. The molecule has 0 N–H and O–H groups in total. The van der Waals surface area contributed by atoms with Gasteiger partial charge >= 0.3 is 0 Å². The SMILES string of the molecule is COc1nc(C#N)c(CBr)cc1C(F)F. The van der Waals surface area contributed by atoms with E-state index in [9.17, 15) is 8.78 Å². The van der Waals surface area contributed by atoms with E-state index in [1.165, 1.54) is 13.2 Å². The van der Waals surface area contributed by atoms with Crippen LogP contribution in [0.5, 0.6) is 5.88 Å². The molecule has 0 bridgehead atoms. The summed E-state index contributed by atoms with van der Waals surface area (Å²) in [7, 11) is 1.24. The number of ether oxygens (including phenoxy) is 1. The van der Waals surface area contributed by atoms with Gasteiger partial charge in [0.15, 0.2) is 0 Å². The predicted molar refractivity (Wildman–Crippen MR) is 53.1 cm³/mol. The normalized spacial score (nSPS) is 10.1. The zero-order valence-corrected chi connectivity index (χ0v) is 9.38. The molecule has 0 aliphatic rings. The molecular weight excluding hydrogens is 270 g/mol. The molecule has 0 aliphatic heterocycles. The second-order valence-electron chi connectivity index (χ2n) is 2.64. The van der Waals surface area contributed by atoms with E-state index >= 15 is 0 Å². The first-order valence-corrected chi connectivity index (χ1v) is 5.08. The van der Waals surface area contributed by atoms with Crippen LogP contribution in [0.2, 0.25) is 0 Å². The number of alkyl halides is 3. The third-order valence-corrected chi connectivity index (χ3v) is 2.38. The van der Waals surface area contributed by atoms with Crippen LogP contribution in [0.3, 0.4) is 0 Å². The molecule has 6 heteroatoms. The van der Waals surface area contributed by atoms with Gasteiger partial charge in [-0.05, 0) is 11.6 Å². The lowest BCUT2D eigenvalue weighted by Crippen LogP contribution is -2.01. The zero-order valence-electron chi connectivity index (χ0n) is 7.80. The lowest BCUT2D eigenvalue weighted by atomic mass is 10.1. The smallest absolute Gasteiger partial charge is 0.269 e. The van der Waals surface area contributed by atoms with Gasteiger partial charge in [0.25, 0.3) is 6.43 Å². The Kier molecular flexibility index (Phi) is 3.97. The highest BCUT2D eigenvalue weighted by Crippen LogP contribution is 2.29. The van der Waals surface area contributed by atoms with Crippen LogP contribution in [0.1, 0.15) is 23.2 Å². The van der Waals surface area contributed by atoms with Gasteiger partial charge in [-0.1, -0.05) is 15.9 Å². The van der Waals surface area contributed by atoms with E-state index in [1.54, 1.807) is 0 Å². The molecule has 1 aromatic rings. The highest BCUT2D eigenvalue weighted by molar-refractivity contribution is 9.08. The Morgan fingerprint density at radius 1 is 1.67 bits per heavy atom. The Balaban J connectivity index is 3.36. The third-order valence-electron chi connectivity index (χ3n) is 1.77. The van der Waals surface area contributed by atoms with Crippen molar-refractivity contribution in [2.75, 3.05) is 7.11 Å². The van der Waals surface area contributed by atoms with E-state index in [1.807, 2.05) is 6.07 Å². The van der Waals surface area contributed by atoms with Crippen molar-refractivity contribution in [3.05, 3.63) is 22.9 Å². The van der Waals surface area contributed by atoms with Gasteiger partial charge in [-0.3, -0.25) is 0 Å². The molecule has 0 fully saturated rings. The van der Waals surface area contributed by atoms with Gasteiger partial charge in [0.1, 0.15) is 11.8 Å². The average molecular weight is 277 g/mol. The van der Waals surface area contributed by atoms with E-state index in [4.69, 9.17) is 10.00 Å². The molecule has 0 atom stereocenters. The fourth-order valence-corrected chi connectivity index (χ4v) is 1.50. The van der Waals surface area contributed by atoms with Crippen molar-refractivity contribution < 1.29 is 13.5 Å². The number of aromatic nitrogens is 1. The van der Waals surface area contributed by atoms with Gasteiger partial charge in [0, 0.05) is 5.33 Å². The maximum absolute atomic E-state index is 12.5. The summed E-state index contributed by atoms with van der Waals surface area (Å²) in [5, 5.41) is 9.02. The van der Waals surface area contributed by atoms with Gasteiger partial charge in [0.05, 0.1) is 12.7 Å². The van der Waals surface area contributed by atoms with Crippen LogP contribution in [0.25, 0.3) is 0 Å². The Labute approximate surface area is 93.8 Å². The van der Waals surface area contributed by atoms with Crippen molar-refractivity contribution in [3.63, 3.8) is 0 Å². The molecule has 1 rings (SSSR count). The molecule has 0 amide bonds. The number of rotatable bonds is 3. The average Bonchev–Trinajstić information content (AvgIpc) is 2.26. The van der Waals surface area contributed by atoms with Gasteiger partial charge < -0.3 is 4.74 Å². The lowest BCUT2D eigenvalue weighted by Gasteiger charge is -2.09. The summed E-state index contributed by atoms with van der Waals surface area (Å²) in [4.78, 5) is 3.71. The monoisotopic (exact) mass is 276 g/mol. The van der Waals surface area contributed by atoms with Crippen molar-refractivity contribution >= 4 is 15.9 Å². The number of nitrogens with zero attached hydrogens (tertiary/aromatic N) is 2.